The number of benzene rings is 1. The average Bonchev–Trinajstić information content (AvgIpc) is 2.38. The molecule has 5 nitrogen and oxygen atoms in total. The van der Waals surface area contributed by atoms with E-state index in [-0.39, 0.29) is 24.3 Å². The highest BCUT2D eigenvalue weighted by Crippen LogP contribution is 2.25. The largest absolute Gasteiger partial charge is 0.495 e. The zero-order chi connectivity index (χ0) is 16.0. The van der Waals surface area contributed by atoms with Gasteiger partial charge in [0.1, 0.15) is 5.75 Å². The Hall–Kier alpha value is -2.04. The number of methoxy groups -OCH3 is 1. The molecule has 1 rings (SSSR count). The zero-order valence-electron chi connectivity index (χ0n) is 13.4. The highest BCUT2D eigenvalue weighted by Gasteiger charge is 2.15. The maximum absolute atomic E-state index is 12.0. The van der Waals surface area contributed by atoms with E-state index in [0.717, 1.165) is 5.56 Å². The number of aryl methyl sites for hydroxylation is 1. The molecule has 0 spiro atoms. The molecule has 5 heteroatoms. The Labute approximate surface area is 126 Å². The fourth-order valence-corrected chi connectivity index (χ4v) is 2.13. The number of rotatable bonds is 6. The van der Waals surface area contributed by atoms with Gasteiger partial charge in [-0.05, 0) is 38.5 Å². The van der Waals surface area contributed by atoms with Crippen LogP contribution in [0, 0.1) is 6.92 Å². The molecule has 0 bridgehead atoms. The first-order valence-electron chi connectivity index (χ1n) is 7.06. The average molecular weight is 292 g/mol. The minimum Gasteiger partial charge on any atom is -0.495 e. The van der Waals surface area contributed by atoms with E-state index in [1.165, 1.54) is 6.92 Å². The van der Waals surface area contributed by atoms with Crippen molar-refractivity contribution in [2.75, 3.05) is 19.0 Å². The molecule has 0 heterocycles. The molecule has 0 aliphatic heterocycles. The summed E-state index contributed by atoms with van der Waals surface area (Å²) < 4.78 is 5.22. The summed E-state index contributed by atoms with van der Waals surface area (Å²) in [5, 5.41) is 2.83. The lowest BCUT2D eigenvalue weighted by molar-refractivity contribution is -0.130. The smallest absolute Gasteiger partial charge is 0.226 e. The number of ether oxygens (including phenoxy) is 1. The molecule has 116 valence electrons. The fraction of sp³-hybridized carbons (Fsp3) is 0.500. The third-order valence-corrected chi connectivity index (χ3v) is 3.24. The number of amides is 2. The van der Waals surface area contributed by atoms with Crippen LogP contribution in [0.2, 0.25) is 0 Å². The van der Waals surface area contributed by atoms with Crippen molar-refractivity contribution in [1.29, 1.82) is 0 Å². The molecule has 1 N–H and O–H groups in total. The van der Waals surface area contributed by atoms with Crippen molar-refractivity contribution in [3.05, 3.63) is 23.8 Å². The predicted molar refractivity (Wildman–Crippen MR) is 83.5 cm³/mol. The van der Waals surface area contributed by atoms with Crippen LogP contribution in [0.4, 0.5) is 5.69 Å². The first-order chi connectivity index (χ1) is 9.85. The highest BCUT2D eigenvalue weighted by molar-refractivity contribution is 5.92. The van der Waals surface area contributed by atoms with Crippen LogP contribution in [-0.2, 0) is 9.59 Å². The van der Waals surface area contributed by atoms with Crippen molar-refractivity contribution in [1.82, 2.24) is 4.90 Å². The standard InChI is InChI=1S/C16H24N2O3/c1-11(2)18(13(4)19)9-8-16(20)17-14-10-12(3)6-7-15(14)21-5/h6-7,10-11H,8-9H2,1-5H3,(H,17,20). The molecule has 1 aromatic carbocycles. The van der Waals surface area contributed by atoms with Crippen LogP contribution in [0.1, 0.15) is 32.8 Å². The van der Waals surface area contributed by atoms with Crippen molar-refractivity contribution >= 4 is 17.5 Å². The van der Waals surface area contributed by atoms with Gasteiger partial charge in [0, 0.05) is 25.9 Å². The monoisotopic (exact) mass is 292 g/mol. The van der Waals surface area contributed by atoms with Crippen LogP contribution < -0.4 is 10.1 Å². The SMILES string of the molecule is COc1ccc(C)cc1NC(=O)CCN(C(C)=O)C(C)C. The van der Waals surface area contributed by atoms with Crippen molar-refractivity contribution in [2.45, 2.75) is 40.2 Å². The lowest BCUT2D eigenvalue weighted by atomic mass is 10.2. The lowest BCUT2D eigenvalue weighted by Crippen LogP contribution is -2.37. The number of carbonyl (C=O) groups is 2. The quantitative estimate of drug-likeness (QED) is 0.876. The summed E-state index contributed by atoms with van der Waals surface area (Å²) in [6.45, 7) is 7.74. The van der Waals surface area contributed by atoms with E-state index >= 15 is 0 Å². The number of anilines is 1. The molecule has 0 fully saturated rings. The summed E-state index contributed by atoms with van der Waals surface area (Å²) in [5.41, 5.74) is 1.69. The van der Waals surface area contributed by atoms with Gasteiger partial charge in [0.2, 0.25) is 11.8 Å². The van der Waals surface area contributed by atoms with Crippen LogP contribution in [0.5, 0.6) is 5.75 Å². The van der Waals surface area contributed by atoms with E-state index < -0.39 is 0 Å². The zero-order valence-corrected chi connectivity index (χ0v) is 13.4. The van der Waals surface area contributed by atoms with E-state index in [1.54, 1.807) is 12.0 Å². The summed E-state index contributed by atoms with van der Waals surface area (Å²) in [6, 6.07) is 5.69. The van der Waals surface area contributed by atoms with Gasteiger partial charge in [-0.3, -0.25) is 9.59 Å². The van der Waals surface area contributed by atoms with Crippen molar-refractivity contribution < 1.29 is 14.3 Å². The third-order valence-electron chi connectivity index (χ3n) is 3.24. The molecule has 21 heavy (non-hydrogen) atoms. The first-order valence-corrected chi connectivity index (χ1v) is 7.06. The lowest BCUT2D eigenvalue weighted by Gasteiger charge is -2.25. The van der Waals surface area contributed by atoms with E-state index in [4.69, 9.17) is 4.74 Å². The Morgan fingerprint density at radius 2 is 2.00 bits per heavy atom. The highest BCUT2D eigenvalue weighted by atomic mass is 16.5. The van der Waals surface area contributed by atoms with Crippen LogP contribution in [0.25, 0.3) is 0 Å². The summed E-state index contributed by atoms with van der Waals surface area (Å²) in [7, 11) is 1.57. The molecular formula is C16H24N2O3. The number of hydrogen-bond donors (Lipinski definition) is 1. The summed E-state index contributed by atoms with van der Waals surface area (Å²) in [4.78, 5) is 25.2. The number of hydrogen-bond acceptors (Lipinski definition) is 3. The van der Waals surface area contributed by atoms with Crippen LogP contribution in [0.15, 0.2) is 18.2 Å². The van der Waals surface area contributed by atoms with Crippen LogP contribution in [-0.4, -0.2) is 36.4 Å². The van der Waals surface area contributed by atoms with Crippen molar-refractivity contribution in [2.24, 2.45) is 0 Å². The van der Waals surface area contributed by atoms with Gasteiger partial charge in [-0.2, -0.15) is 0 Å². The number of carbonyl (C=O) groups excluding carboxylic acids is 2. The number of nitrogens with zero attached hydrogens (tertiary/aromatic N) is 1. The molecule has 0 unspecified atom stereocenters. The third kappa shape index (κ3) is 5.10. The van der Waals surface area contributed by atoms with E-state index in [9.17, 15) is 9.59 Å². The summed E-state index contributed by atoms with van der Waals surface area (Å²) >= 11 is 0. The Morgan fingerprint density at radius 1 is 1.33 bits per heavy atom. The van der Waals surface area contributed by atoms with Gasteiger partial charge in [0.15, 0.2) is 0 Å². The molecule has 1 aromatic rings. The molecule has 2 amide bonds. The normalized spacial score (nSPS) is 10.4. The molecular weight excluding hydrogens is 268 g/mol. The van der Waals surface area contributed by atoms with Gasteiger partial charge in [-0.25, -0.2) is 0 Å². The van der Waals surface area contributed by atoms with Gasteiger partial charge in [-0.15, -0.1) is 0 Å². The topological polar surface area (TPSA) is 58.6 Å². The Balaban J connectivity index is 2.66. The minimum atomic E-state index is -0.134. The first kappa shape index (κ1) is 17.0. The molecule has 0 atom stereocenters. The maximum atomic E-state index is 12.0. The molecule has 0 saturated carbocycles. The fourth-order valence-electron chi connectivity index (χ4n) is 2.13. The van der Waals surface area contributed by atoms with E-state index in [1.807, 2.05) is 39.0 Å². The molecule has 0 aliphatic carbocycles. The Morgan fingerprint density at radius 3 is 2.52 bits per heavy atom. The van der Waals surface area contributed by atoms with Gasteiger partial charge < -0.3 is 15.0 Å². The van der Waals surface area contributed by atoms with Crippen LogP contribution >= 0.6 is 0 Å². The van der Waals surface area contributed by atoms with Crippen molar-refractivity contribution in [3.63, 3.8) is 0 Å². The second-order valence-corrected chi connectivity index (χ2v) is 5.31. The van der Waals surface area contributed by atoms with Gasteiger partial charge >= 0.3 is 0 Å². The summed E-state index contributed by atoms with van der Waals surface area (Å²) in [6.07, 6.45) is 0.259. The molecule has 0 saturated heterocycles. The van der Waals surface area contributed by atoms with E-state index in [2.05, 4.69) is 5.32 Å². The van der Waals surface area contributed by atoms with Crippen molar-refractivity contribution in [3.8, 4) is 5.75 Å². The number of nitrogens with one attached hydrogen (secondary N) is 1. The second-order valence-electron chi connectivity index (χ2n) is 5.31. The summed E-state index contributed by atoms with van der Waals surface area (Å²) in [5.74, 6) is 0.470. The Bertz CT molecular complexity index is 512. The maximum Gasteiger partial charge on any atom is 0.226 e. The molecule has 0 radical (unpaired) electrons. The Kier molecular flexibility index (Phi) is 6.21. The van der Waals surface area contributed by atoms with E-state index in [0.29, 0.717) is 18.0 Å². The van der Waals surface area contributed by atoms with Crippen LogP contribution in [0.3, 0.4) is 0 Å². The second kappa shape index (κ2) is 7.67. The van der Waals surface area contributed by atoms with Gasteiger partial charge in [0.05, 0.1) is 12.8 Å². The van der Waals surface area contributed by atoms with Gasteiger partial charge in [-0.1, -0.05) is 6.07 Å². The van der Waals surface area contributed by atoms with Gasteiger partial charge in [0.25, 0.3) is 0 Å². The molecule has 0 aromatic heterocycles. The predicted octanol–water partition coefficient (Wildman–Crippen LogP) is 2.59. The molecule has 0 aliphatic rings. The minimum absolute atomic E-state index is 0.0223.